The van der Waals surface area contributed by atoms with Crippen molar-refractivity contribution < 1.29 is 53.1 Å². The average molecular weight is 673 g/mol. The Morgan fingerprint density at radius 2 is 1.96 bits per heavy atom. The number of carboxylic acids is 1. The van der Waals surface area contributed by atoms with Crippen LogP contribution in [-0.4, -0.2) is 109 Å². The summed E-state index contributed by atoms with van der Waals surface area (Å²) in [6.45, 7) is 2.22. The molecule has 2 amide bonds. The number of piperidine rings is 1. The maximum absolute atomic E-state index is 13.2. The van der Waals surface area contributed by atoms with Crippen molar-refractivity contribution in [2.45, 2.75) is 93.6 Å². The Labute approximate surface area is 278 Å². The number of benzene rings is 1. The number of nitrogens with two attached hydrogens (primary N) is 1. The van der Waals surface area contributed by atoms with Gasteiger partial charge in [-0.1, -0.05) is 6.07 Å². The van der Waals surface area contributed by atoms with Crippen molar-refractivity contribution in [2.75, 3.05) is 33.8 Å². The zero-order valence-electron chi connectivity index (χ0n) is 27.4. The molecule has 0 saturated carbocycles. The zero-order chi connectivity index (χ0) is 34.8. The van der Waals surface area contributed by atoms with Crippen molar-refractivity contribution in [1.29, 1.82) is 0 Å². The number of likely N-dealkylation sites (N-methyl/N-ethyl adjacent to an activating group) is 1. The molecule has 2 aliphatic heterocycles. The number of aliphatic hydroxyl groups is 1. The maximum Gasteiger partial charge on any atom is 0.345 e. The Morgan fingerprint density at radius 1 is 1.19 bits per heavy atom. The normalized spacial score (nSPS) is 26.1. The Kier molecular flexibility index (Phi) is 10.3. The third-order valence-corrected chi connectivity index (χ3v) is 9.96. The van der Waals surface area contributed by atoms with Crippen molar-refractivity contribution >= 4 is 29.7 Å². The van der Waals surface area contributed by atoms with E-state index in [1.165, 1.54) is 14.0 Å². The third kappa shape index (κ3) is 6.33. The third-order valence-electron chi connectivity index (χ3n) is 9.96. The number of esters is 2. The summed E-state index contributed by atoms with van der Waals surface area (Å²) in [5.74, 6) is -3.22. The van der Waals surface area contributed by atoms with Gasteiger partial charge >= 0.3 is 17.9 Å². The molecule has 1 aromatic carbocycles. The number of unbranched alkanes of at least 4 members (excludes halogenated alkanes) is 1. The molecule has 1 saturated heterocycles. The lowest BCUT2D eigenvalue weighted by atomic mass is 9.50. The number of carbonyl (C=O) groups is 5. The van der Waals surface area contributed by atoms with E-state index in [0.29, 0.717) is 56.7 Å². The van der Waals surface area contributed by atoms with E-state index in [1.807, 2.05) is 19.2 Å². The quantitative estimate of drug-likeness (QED) is 0.123. The van der Waals surface area contributed by atoms with E-state index in [9.17, 15) is 34.2 Å². The van der Waals surface area contributed by atoms with Crippen LogP contribution >= 0.6 is 0 Å². The van der Waals surface area contributed by atoms with Gasteiger partial charge in [0.1, 0.15) is 11.8 Å². The predicted molar refractivity (Wildman–Crippen MR) is 168 cm³/mol. The first kappa shape index (κ1) is 35.1. The number of hydrogen-bond donors (Lipinski definition) is 5. The summed E-state index contributed by atoms with van der Waals surface area (Å²) in [6.07, 6.45) is 0.694. The minimum atomic E-state index is -1.85. The predicted octanol–water partition coefficient (Wildman–Crippen LogP) is 0.0426. The Bertz CT molecular complexity index is 1500. The monoisotopic (exact) mass is 672 g/mol. The summed E-state index contributed by atoms with van der Waals surface area (Å²) in [4.78, 5) is 63.8. The number of nitrogens with zero attached hydrogens (tertiary/aromatic N) is 1. The van der Waals surface area contributed by atoms with Crippen LogP contribution in [0.2, 0.25) is 0 Å². The van der Waals surface area contributed by atoms with Crippen LogP contribution in [0.1, 0.15) is 63.0 Å². The van der Waals surface area contributed by atoms with Gasteiger partial charge in [-0.25, -0.2) is 4.79 Å². The first-order chi connectivity index (χ1) is 22.9. The molecule has 0 radical (unpaired) electrons. The van der Waals surface area contributed by atoms with Gasteiger partial charge in [0.25, 0.3) is 0 Å². The molecule has 48 heavy (non-hydrogen) atoms. The van der Waals surface area contributed by atoms with E-state index in [1.54, 1.807) is 6.08 Å². The number of ether oxygens (including phenoxy) is 4. The number of methoxy groups -OCH3 is 1. The number of aliphatic carboxylic acids is 1. The van der Waals surface area contributed by atoms with E-state index in [2.05, 4.69) is 15.5 Å². The van der Waals surface area contributed by atoms with E-state index in [0.717, 1.165) is 11.1 Å². The first-order valence-electron chi connectivity index (χ1n) is 16.2. The number of hydrogen-bond acceptors (Lipinski definition) is 12. The fourth-order valence-electron chi connectivity index (χ4n) is 7.73. The van der Waals surface area contributed by atoms with Crippen molar-refractivity contribution in [3.05, 3.63) is 35.1 Å². The molecule has 6 atom stereocenters. The minimum Gasteiger partial charge on any atom is -0.493 e. The molecule has 4 aliphatic rings. The molecule has 2 aliphatic carbocycles. The highest BCUT2D eigenvalue weighted by atomic mass is 16.6. The molecule has 1 aromatic rings. The highest BCUT2D eigenvalue weighted by Crippen LogP contribution is 2.65. The molecular formula is C33H44N4O11. The number of carboxylic acid groups (broad SMARTS) is 1. The smallest absolute Gasteiger partial charge is 0.345 e. The second kappa shape index (κ2) is 14.1. The van der Waals surface area contributed by atoms with Crippen LogP contribution in [0, 0.1) is 0 Å². The van der Waals surface area contributed by atoms with Gasteiger partial charge < -0.3 is 50.4 Å². The summed E-state index contributed by atoms with van der Waals surface area (Å²) in [5, 5.41) is 27.1. The van der Waals surface area contributed by atoms with Crippen LogP contribution in [0.15, 0.2) is 24.0 Å². The standard InChI is InChI=1S/C33H44N4O11/c1-18(38)36-20(6-4-5-13-34)30(41)35-14-10-25(39)47-23(31(42)43)17-26(40)46-22-9-11-33(44)24-16-19-7-8-21(45-3)28-27(19)32(33,29(22)48-28)12-15-37(24)2/h7-9,20,23-24,29,44H,4-6,10-17,34H2,1-3H3,(H,35,41)(H,36,38)(H,42,43)/t20-,23-,24+,29-,32-,33+/m0/s1. The second-order valence-corrected chi connectivity index (χ2v) is 12.9. The van der Waals surface area contributed by atoms with E-state index in [4.69, 9.17) is 24.7 Å². The molecule has 2 bridgehead atoms. The van der Waals surface area contributed by atoms with Crippen molar-refractivity contribution in [1.82, 2.24) is 15.5 Å². The molecule has 0 unspecified atom stereocenters. The number of rotatable bonds is 15. The summed E-state index contributed by atoms with van der Waals surface area (Å²) in [7, 11) is 3.50. The molecular weight excluding hydrogens is 628 g/mol. The zero-order valence-corrected chi connectivity index (χ0v) is 27.4. The molecule has 15 nitrogen and oxygen atoms in total. The summed E-state index contributed by atoms with van der Waals surface area (Å²) >= 11 is 0. The largest absolute Gasteiger partial charge is 0.493 e. The second-order valence-electron chi connectivity index (χ2n) is 12.9. The van der Waals surface area contributed by atoms with Gasteiger partial charge in [0.2, 0.25) is 17.9 Å². The van der Waals surface area contributed by atoms with Gasteiger partial charge in [-0.05, 0) is 69.9 Å². The van der Waals surface area contributed by atoms with Gasteiger partial charge in [0, 0.05) is 31.5 Å². The summed E-state index contributed by atoms with van der Waals surface area (Å²) < 4.78 is 22.8. The Hall–Kier alpha value is -4.21. The SMILES string of the molecule is COc1ccc2c3c1O[C@H]1C(OC(=O)C[C@H](OC(=O)CCNC(=O)[C@H](CCCCN)NC(C)=O)C(=O)O)=CC[C@@]4(O)[C@@H](C2)N(C)CC[C@]314. The van der Waals surface area contributed by atoms with Gasteiger partial charge in [0.05, 0.1) is 31.0 Å². The van der Waals surface area contributed by atoms with Crippen molar-refractivity contribution in [3.63, 3.8) is 0 Å². The van der Waals surface area contributed by atoms with Gasteiger partial charge in [-0.2, -0.15) is 0 Å². The average Bonchev–Trinajstić information content (AvgIpc) is 3.39. The van der Waals surface area contributed by atoms with Crippen LogP contribution < -0.4 is 25.8 Å². The first-order valence-corrected chi connectivity index (χ1v) is 16.2. The van der Waals surface area contributed by atoms with E-state index >= 15 is 0 Å². The minimum absolute atomic E-state index is 0.150. The van der Waals surface area contributed by atoms with Crippen molar-refractivity contribution in [3.8, 4) is 11.5 Å². The number of likely N-dealkylation sites (tertiary alicyclic amines) is 1. The molecule has 15 heteroatoms. The molecule has 0 aromatic heterocycles. The fourth-order valence-corrected chi connectivity index (χ4v) is 7.73. The van der Waals surface area contributed by atoms with Crippen LogP contribution in [0.25, 0.3) is 0 Å². The molecule has 2 heterocycles. The molecule has 262 valence electrons. The molecule has 5 rings (SSSR count). The highest BCUT2D eigenvalue weighted by Gasteiger charge is 2.72. The lowest BCUT2D eigenvalue weighted by Crippen LogP contribution is -2.74. The van der Waals surface area contributed by atoms with Crippen LogP contribution in [0.4, 0.5) is 0 Å². The molecule has 6 N–H and O–H groups in total. The van der Waals surface area contributed by atoms with Gasteiger partial charge in [-0.3, -0.25) is 19.2 Å². The number of nitrogens with one attached hydrogen (secondary N) is 2. The number of amides is 2. The van der Waals surface area contributed by atoms with Crippen LogP contribution in [0.3, 0.4) is 0 Å². The maximum atomic E-state index is 13.2. The lowest BCUT2D eigenvalue weighted by Gasteiger charge is -2.61. The Morgan fingerprint density at radius 3 is 2.65 bits per heavy atom. The van der Waals surface area contributed by atoms with Crippen LogP contribution in [0.5, 0.6) is 11.5 Å². The fraction of sp³-hybridized carbons (Fsp3) is 0.606. The van der Waals surface area contributed by atoms with Gasteiger partial charge in [0.15, 0.2) is 17.6 Å². The van der Waals surface area contributed by atoms with Crippen LogP contribution in [-0.2, 0) is 45.3 Å². The highest BCUT2D eigenvalue weighted by molar-refractivity contribution is 5.87. The van der Waals surface area contributed by atoms with Crippen molar-refractivity contribution in [2.24, 2.45) is 5.73 Å². The molecule has 1 spiro atoms. The number of carbonyl (C=O) groups excluding carboxylic acids is 4. The van der Waals surface area contributed by atoms with Gasteiger partial charge in [-0.15, -0.1) is 0 Å². The topological polar surface area (TPSA) is 216 Å². The van der Waals surface area contributed by atoms with E-state index < -0.39 is 59.5 Å². The lowest BCUT2D eigenvalue weighted by molar-refractivity contribution is -0.173. The molecule has 1 fully saturated rings. The summed E-state index contributed by atoms with van der Waals surface area (Å²) in [6, 6.07) is 2.78. The Balaban J connectivity index is 1.22. The van der Waals surface area contributed by atoms with E-state index in [-0.39, 0.29) is 37.1 Å². The summed E-state index contributed by atoms with van der Waals surface area (Å²) in [5.41, 5.74) is 5.23.